The molecule has 0 spiro atoms. The fraction of sp³-hybridized carbons (Fsp3) is 0.0930. The highest BCUT2D eigenvalue weighted by Gasteiger charge is 2.07. The fourth-order valence-electron chi connectivity index (χ4n) is 11.1. The van der Waals surface area contributed by atoms with Gasteiger partial charge in [-0.15, -0.1) is 0 Å². The van der Waals surface area contributed by atoms with Crippen molar-refractivity contribution < 1.29 is 0 Å². The van der Waals surface area contributed by atoms with Crippen molar-refractivity contribution >= 4 is 97.7 Å². The highest BCUT2D eigenvalue weighted by atomic mass is 15.1. The molecule has 0 saturated carbocycles. The van der Waals surface area contributed by atoms with Crippen molar-refractivity contribution in [3.63, 3.8) is 0 Å². The lowest BCUT2D eigenvalue weighted by Crippen LogP contribution is -1.87. The van der Waals surface area contributed by atoms with Gasteiger partial charge in [0.2, 0.25) is 0 Å². The van der Waals surface area contributed by atoms with Crippen LogP contribution < -0.4 is 0 Å². The smallest absolute Gasteiger partial charge is 0.125 e. The van der Waals surface area contributed by atoms with E-state index >= 15 is 0 Å². The molecule has 0 saturated heterocycles. The van der Waals surface area contributed by atoms with Crippen LogP contribution in [0.3, 0.4) is 0 Å². The van der Waals surface area contributed by atoms with Gasteiger partial charge in [0.25, 0.3) is 0 Å². The van der Waals surface area contributed by atoms with Gasteiger partial charge in [-0.1, -0.05) is 218 Å². The summed E-state index contributed by atoms with van der Waals surface area (Å²) in [7, 11) is 0. The van der Waals surface area contributed by atoms with Crippen molar-refractivity contribution in [1.82, 2.24) is 60.0 Å². The molecule has 0 fully saturated rings. The van der Waals surface area contributed by atoms with Crippen LogP contribution in [-0.2, 0) is 0 Å². The number of rotatable bonds is 1. The molecule has 8 heterocycles. The van der Waals surface area contributed by atoms with Crippen LogP contribution in [0, 0.1) is 55.4 Å². The first-order valence-electron chi connectivity index (χ1n) is 32.4. The number of hydrogen-bond donors (Lipinski definition) is 0. The molecule has 98 heavy (non-hydrogen) atoms. The maximum Gasteiger partial charge on any atom is 0.125 e. The number of aryl methyl sites for hydroxylation is 8. The molecule has 0 unspecified atom stereocenters. The number of fused-ring (bicyclic) bond motifs is 10. The monoisotopic (exact) mass is 1270 g/mol. The highest BCUT2D eigenvalue weighted by molar-refractivity contribution is 6.06. The summed E-state index contributed by atoms with van der Waals surface area (Å²) in [5, 5.41) is 22.4. The van der Waals surface area contributed by atoms with E-state index in [0.717, 1.165) is 89.2 Å². The van der Waals surface area contributed by atoms with Gasteiger partial charge in [-0.05, 0) is 125 Å². The van der Waals surface area contributed by atoms with E-state index in [2.05, 4.69) is 208 Å². The highest BCUT2D eigenvalue weighted by Crippen LogP contribution is 2.30. The van der Waals surface area contributed by atoms with E-state index in [1.165, 1.54) is 65.2 Å². The fourth-order valence-corrected chi connectivity index (χ4v) is 11.1. The lowest BCUT2D eigenvalue weighted by Gasteiger charge is -2.08. The molecular weight excluding hydrogens is 1200 g/mol. The van der Waals surface area contributed by atoms with Gasteiger partial charge in [-0.3, -0.25) is 24.9 Å². The molecule has 18 aromatic rings. The normalized spacial score (nSPS) is 10.4. The van der Waals surface area contributed by atoms with Crippen molar-refractivity contribution in [3.8, 4) is 11.1 Å². The number of hydrogen-bond acceptors (Lipinski definition) is 12. The Kier molecular flexibility index (Phi) is 22.5. The Morgan fingerprint density at radius 3 is 1.43 bits per heavy atom. The molecular formula is C86H74N12. The summed E-state index contributed by atoms with van der Waals surface area (Å²) >= 11 is 0. The minimum atomic E-state index is 0.823. The molecule has 0 aliphatic carbocycles. The summed E-state index contributed by atoms with van der Waals surface area (Å²) in [6.07, 6.45) is 12.7. The van der Waals surface area contributed by atoms with Crippen LogP contribution in [0.2, 0.25) is 0 Å². The van der Waals surface area contributed by atoms with E-state index < -0.39 is 0 Å². The first-order chi connectivity index (χ1) is 47.9. The molecule has 0 aliphatic rings. The molecule has 0 N–H and O–H groups in total. The summed E-state index contributed by atoms with van der Waals surface area (Å²) in [4.78, 5) is 42.7. The summed E-state index contributed by atoms with van der Waals surface area (Å²) in [5.41, 5.74) is 16.0. The molecule has 0 amide bonds. The topological polar surface area (TPSA) is 155 Å². The molecule has 0 aliphatic heterocycles. The Morgan fingerprint density at radius 2 is 0.745 bits per heavy atom. The van der Waals surface area contributed by atoms with Crippen LogP contribution in [0.5, 0.6) is 0 Å². The predicted molar refractivity (Wildman–Crippen MR) is 406 cm³/mol. The zero-order valence-electron chi connectivity index (χ0n) is 56.2. The van der Waals surface area contributed by atoms with Gasteiger partial charge in [0, 0.05) is 108 Å². The number of para-hydroxylation sites is 6. The van der Waals surface area contributed by atoms with Gasteiger partial charge in [0.1, 0.15) is 12.2 Å². The minimum Gasteiger partial charge on any atom is -0.264 e. The Hall–Kier alpha value is -12.5. The average molecular weight is 1280 g/mol. The predicted octanol–water partition coefficient (Wildman–Crippen LogP) is 20.7. The molecule has 0 bridgehead atoms. The Bertz CT molecular complexity index is 5270. The van der Waals surface area contributed by atoms with Gasteiger partial charge in [0.15, 0.2) is 0 Å². The molecule has 478 valence electrons. The second-order valence-electron chi connectivity index (χ2n) is 23.2. The maximum atomic E-state index is 4.60. The van der Waals surface area contributed by atoms with Crippen LogP contribution in [-0.4, -0.2) is 60.0 Å². The molecule has 0 radical (unpaired) electrons. The van der Waals surface area contributed by atoms with E-state index in [0.29, 0.717) is 0 Å². The standard InChI is InChI=1S/C16H13N.C14H11N.2C10H9N.4C9H8N2/c1-12-14-9-5-6-10-15(14)16(11-17-12)13-7-3-2-4-8-13;1-10-11-6-2-3-7-12(11)13-8-4-5-9-14(13)15-10;1-8-6-11-7-9-4-2-3-5-10(8)9;1-8-6-7-9-4-2-3-5-10(9)11-8;1-7-8-4-2-3-5-9(8)11-6-10-7;1-7-10-6-8-4-2-3-5-9(8)11-7;1-7-9-5-3-2-4-8(9)6-10-11-7;1-7-6-10-8-4-2-3-5-9(8)11-7/h2-11H,1H3;2-9H,1H3;2*2-7H,1H3;4*2-6H,1H3. The van der Waals surface area contributed by atoms with Gasteiger partial charge in [-0.2, -0.15) is 10.2 Å². The molecule has 0 atom stereocenters. The summed E-state index contributed by atoms with van der Waals surface area (Å²) in [5.74, 6) is 0.823. The van der Waals surface area contributed by atoms with E-state index in [4.69, 9.17) is 0 Å². The molecule has 18 rings (SSSR count). The third-order valence-electron chi connectivity index (χ3n) is 16.2. The van der Waals surface area contributed by atoms with E-state index in [1.807, 2.05) is 193 Å². The molecule has 12 nitrogen and oxygen atoms in total. The van der Waals surface area contributed by atoms with Crippen LogP contribution in [0.25, 0.3) is 109 Å². The second kappa shape index (κ2) is 33.0. The van der Waals surface area contributed by atoms with Crippen molar-refractivity contribution in [2.45, 2.75) is 55.4 Å². The lowest BCUT2D eigenvalue weighted by molar-refractivity contribution is 1.00. The lowest BCUT2D eigenvalue weighted by atomic mass is 10.00. The number of aromatic nitrogens is 12. The van der Waals surface area contributed by atoms with Crippen molar-refractivity contribution in [2.75, 3.05) is 0 Å². The summed E-state index contributed by atoms with van der Waals surface area (Å²) in [6.45, 7) is 16.0. The van der Waals surface area contributed by atoms with Gasteiger partial charge in [0.05, 0.1) is 50.7 Å². The zero-order chi connectivity index (χ0) is 68.0. The van der Waals surface area contributed by atoms with Crippen LogP contribution in [0.1, 0.15) is 45.6 Å². The third kappa shape index (κ3) is 17.4. The van der Waals surface area contributed by atoms with Gasteiger partial charge in [-0.25, -0.2) is 24.9 Å². The van der Waals surface area contributed by atoms with Crippen molar-refractivity contribution in [1.29, 1.82) is 0 Å². The van der Waals surface area contributed by atoms with E-state index in [1.54, 1.807) is 18.7 Å². The first-order valence-corrected chi connectivity index (χ1v) is 32.4. The number of nitrogens with zero attached hydrogens (tertiary/aromatic N) is 12. The van der Waals surface area contributed by atoms with Crippen LogP contribution in [0.15, 0.2) is 304 Å². The van der Waals surface area contributed by atoms with E-state index in [9.17, 15) is 0 Å². The molecule has 12 heteroatoms. The van der Waals surface area contributed by atoms with Crippen molar-refractivity contribution in [3.05, 3.63) is 350 Å². The molecule has 10 aromatic carbocycles. The maximum absolute atomic E-state index is 4.60. The van der Waals surface area contributed by atoms with Crippen LogP contribution in [0.4, 0.5) is 0 Å². The summed E-state index contributed by atoms with van der Waals surface area (Å²) < 4.78 is 0. The second-order valence-corrected chi connectivity index (χ2v) is 23.2. The first kappa shape index (κ1) is 66.9. The van der Waals surface area contributed by atoms with Gasteiger partial charge >= 0.3 is 0 Å². The SMILES string of the molecule is Cc1ccc2ccccc2n1.Cc1cnc2ccccc2n1.Cc1cncc2ccccc12.Cc1nc2ccccc2c2ccccc12.Cc1ncc(-c2ccccc2)c2ccccc12.Cc1ncc2ccccc2n1.Cc1ncnc2ccccc12.Cc1nncc2ccccc12. The third-order valence-corrected chi connectivity index (χ3v) is 16.2. The Balaban J connectivity index is 0.000000114. The van der Waals surface area contributed by atoms with Crippen LogP contribution >= 0.6 is 0 Å². The van der Waals surface area contributed by atoms with Gasteiger partial charge < -0.3 is 0 Å². The number of benzene rings is 10. The average Bonchev–Trinajstić information content (AvgIpc) is 0.793. The minimum absolute atomic E-state index is 0.823. The zero-order valence-corrected chi connectivity index (χ0v) is 56.2. The van der Waals surface area contributed by atoms with E-state index in [-0.39, 0.29) is 0 Å². The summed E-state index contributed by atoms with van der Waals surface area (Å²) in [6, 6.07) is 88.0. The van der Waals surface area contributed by atoms with Crippen molar-refractivity contribution in [2.24, 2.45) is 0 Å². The largest absolute Gasteiger partial charge is 0.264 e. The quantitative estimate of drug-likeness (QED) is 0.144. The molecule has 8 aromatic heterocycles. The Morgan fingerprint density at radius 1 is 0.235 bits per heavy atom. The Labute approximate surface area is 571 Å². The number of pyridine rings is 4.